The van der Waals surface area contributed by atoms with E-state index in [2.05, 4.69) is 10.0 Å². The number of anilines is 1. The molecule has 3 aromatic carbocycles. The van der Waals surface area contributed by atoms with Gasteiger partial charge in [-0.3, -0.25) is 9.52 Å². The molecule has 7 nitrogen and oxygen atoms in total. The van der Waals surface area contributed by atoms with E-state index in [0.29, 0.717) is 17.0 Å². The molecule has 0 spiro atoms. The smallest absolute Gasteiger partial charge is 0.261 e. The molecule has 0 aliphatic heterocycles. The molecule has 3 aromatic rings. The molecule has 1 amide bonds. The Morgan fingerprint density at radius 1 is 0.912 bits per heavy atom. The topological polar surface area (TPSA) is 93.7 Å². The predicted molar refractivity (Wildman–Crippen MR) is 133 cm³/mol. The monoisotopic (exact) mass is 482 g/mol. The van der Waals surface area contributed by atoms with Gasteiger partial charge in [0.25, 0.3) is 15.9 Å². The summed E-state index contributed by atoms with van der Waals surface area (Å²) in [5.74, 6) is 0.906. The van der Waals surface area contributed by atoms with Crippen molar-refractivity contribution in [2.75, 3.05) is 18.4 Å². The lowest BCUT2D eigenvalue weighted by Crippen LogP contribution is -2.31. The minimum Gasteiger partial charge on any atom is -0.497 e. The third-order valence-corrected chi connectivity index (χ3v) is 6.95. The molecular formula is C26H30N2O5S. The Bertz CT molecular complexity index is 1270. The maximum atomic E-state index is 12.8. The fourth-order valence-electron chi connectivity index (χ4n) is 3.37. The van der Waals surface area contributed by atoms with Gasteiger partial charge in [0.1, 0.15) is 11.5 Å². The number of ether oxygens (including phenoxy) is 2. The molecule has 0 aromatic heterocycles. The maximum Gasteiger partial charge on any atom is 0.261 e. The van der Waals surface area contributed by atoms with E-state index in [1.807, 2.05) is 51.1 Å². The zero-order valence-electron chi connectivity index (χ0n) is 20.0. The summed E-state index contributed by atoms with van der Waals surface area (Å²) in [5, 5.41) is 2.88. The van der Waals surface area contributed by atoms with Gasteiger partial charge in [-0.05, 0) is 92.4 Å². The number of hydrogen-bond acceptors (Lipinski definition) is 5. The van der Waals surface area contributed by atoms with Crippen LogP contribution in [-0.4, -0.2) is 28.0 Å². The molecule has 8 heteroatoms. The lowest BCUT2D eigenvalue weighted by Gasteiger charge is -2.16. The normalized spacial score (nSPS) is 12.0. The maximum absolute atomic E-state index is 12.8. The number of aryl methyl sites for hydroxylation is 3. The quantitative estimate of drug-likeness (QED) is 0.462. The number of hydrogen-bond donors (Lipinski definition) is 2. The van der Waals surface area contributed by atoms with Crippen molar-refractivity contribution < 1.29 is 22.7 Å². The lowest BCUT2D eigenvalue weighted by atomic mass is 10.1. The van der Waals surface area contributed by atoms with Crippen LogP contribution in [0.5, 0.6) is 11.5 Å². The second-order valence-corrected chi connectivity index (χ2v) is 9.87. The van der Waals surface area contributed by atoms with Crippen molar-refractivity contribution in [2.45, 2.75) is 38.6 Å². The van der Waals surface area contributed by atoms with Crippen LogP contribution in [0.4, 0.5) is 5.69 Å². The third-order valence-electron chi connectivity index (χ3n) is 5.57. The van der Waals surface area contributed by atoms with E-state index in [9.17, 15) is 13.2 Å². The van der Waals surface area contributed by atoms with Gasteiger partial charge in [-0.15, -0.1) is 0 Å². The number of carbonyl (C=O) groups excluding carboxylic acids is 1. The largest absolute Gasteiger partial charge is 0.497 e. The first-order chi connectivity index (χ1) is 16.1. The van der Waals surface area contributed by atoms with E-state index in [-0.39, 0.29) is 23.5 Å². The Balaban J connectivity index is 1.60. The molecule has 1 atom stereocenters. The fourth-order valence-corrected chi connectivity index (χ4v) is 4.51. The number of carbonyl (C=O) groups is 1. The van der Waals surface area contributed by atoms with Crippen molar-refractivity contribution in [3.05, 3.63) is 82.9 Å². The third kappa shape index (κ3) is 6.29. The molecule has 180 valence electrons. The summed E-state index contributed by atoms with van der Waals surface area (Å²) in [7, 11) is -2.16. The van der Waals surface area contributed by atoms with Crippen LogP contribution < -0.4 is 19.5 Å². The molecule has 0 unspecified atom stereocenters. The van der Waals surface area contributed by atoms with Crippen molar-refractivity contribution >= 4 is 21.6 Å². The SMILES string of the molecule is COc1ccc([C@H](C)NC(=O)COc2ccc(S(=O)(=O)Nc3ccc(C)c(C)c3)cc2C)cc1. The van der Waals surface area contributed by atoms with Crippen molar-refractivity contribution in [3.63, 3.8) is 0 Å². The molecule has 0 fully saturated rings. The molecular weight excluding hydrogens is 452 g/mol. The van der Waals surface area contributed by atoms with Crippen molar-refractivity contribution in [1.82, 2.24) is 5.32 Å². The zero-order chi connectivity index (χ0) is 24.9. The average Bonchev–Trinajstić information content (AvgIpc) is 2.80. The van der Waals surface area contributed by atoms with Gasteiger partial charge in [-0.2, -0.15) is 0 Å². The van der Waals surface area contributed by atoms with Gasteiger partial charge in [0.15, 0.2) is 6.61 Å². The highest BCUT2D eigenvalue weighted by molar-refractivity contribution is 7.92. The predicted octanol–water partition coefficient (Wildman–Crippen LogP) is 4.68. The summed E-state index contributed by atoms with van der Waals surface area (Å²) in [6.07, 6.45) is 0. The van der Waals surface area contributed by atoms with Crippen molar-refractivity contribution in [1.29, 1.82) is 0 Å². The molecule has 0 bridgehead atoms. The summed E-state index contributed by atoms with van der Waals surface area (Å²) in [4.78, 5) is 12.5. The average molecular weight is 483 g/mol. The molecule has 0 heterocycles. The van der Waals surface area contributed by atoms with Gasteiger partial charge in [-0.25, -0.2) is 8.42 Å². The molecule has 0 saturated heterocycles. The number of methoxy groups -OCH3 is 1. The van der Waals surface area contributed by atoms with Crippen LogP contribution in [-0.2, 0) is 14.8 Å². The standard InChI is InChI=1S/C26H30N2O5S/c1-17-6-9-22(14-18(17)2)28-34(30,31)24-12-13-25(19(3)15-24)33-16-26(29)27-20(4)21-7-10-23(32-5)11-8-21/h6-15,20,28H,16H2,1-5H3,(H,27,29)/t20-/m0/s1. The fraction of sp³-hybridized carbons (Fsp3) is 0.269. The van der Waals surface area contributed by atoms with Crippen LogP contribution in [0.25, 0.3) is 0 Å². The number of rotatable bonds is 9. The van der Waals surface area contributed by atoms with Gasteiger partial charge in [0, 0.05) is 5.69 Å². The number of benzene rings is 3. The van der Waals surface area contributed by atoms with E-state index in [4.69, 9.17) is 9.47 Å². The van der Waals surface area contributed by atoms with Crippen LogP contribution in [0.1, 0.15) is 35.2 Å². The lowest BCUT2D eigenvalue weighted by molar-refractivity contribution is -0.123. The summed E-state index contributed by atoms with van der Waals surface area (Å²) < 4.78 is 39.0. The van der Waals surface area contributed by atoms with Gasteiger partial charge >= 0.3 is 0 Å². The first kappa shape index (κ1) is 25.1. The first-order valence-corrected chi connectivity index (χ1v) is 12.3. The number of amides is 1. The second kappa shape index (κ2) is 10.6. The van der Waals surface area contributed by atoms with E-state index < -0.39 is 10.0 Å². The summed E-state index contributed by atoms with van der Waals surface area (Å²) >= 11 is 0. The van der Waals surface area contributed by atoms with E-state index in [1.54, 1.807) is 32.2 Å². The Kier molecular flexibility index (Phi) is 7.83. The Morgan fingerprint density at radius 3 is 2.24 bits per heavy atom. The van der Waals surface area contributed by atoms with Crippen LogP contribution in [0.2, 0.25) is 0 Å². The summed E-state index contributed by atoms with van der Waals surface area (Å²) in [5.41, 5.74) is 4.14. The summed E-state index contributed by atoms with van der Waals surface area (Å²) in [6, 6.07) is 17.2. The van der Waals surface area contributed by atoms with Gasteiger partial charge in [0.05, 0.1) is 18.0 Å². The molecule has 0 aliphatic rings. The van der Waals surface area contributed by atoms with Crippen LogP contribution in [0.3, 0.4) is 0 Å². The van der Waals surface area contributed by atoms with Gasteiger partial charge < -0.3 is 14.8 Å². The molecule has 0 aliphatic carbocycles. The molecule has 2 N–H and O–H groups in total. The Hall–Kier alpha value is -3.52. The van der Waals surface area contributed by atoms with Crippen LogP contribution >= 0.6 is 0 Å². The van der Waals surface area contributed by atoms with Gasteiger partial charge in [-0.1, -0.05) is 18.2 Å². The second-order valence-electron chi connectivity index (χ2n) is 8.18. The molecule has 0 radical (unpaired) electrons. The summed E-state index contributed by atoms with van der Waals surface area (Å²) in [6.45, 7) is 7.33. The van der Waals surface area contributed by atoms with E-state index in [0.717, 1.165) is 22.4 Å². The highest BCUT2D eigenvalue weighted by Crippen LogP contribution is 2.24. The van der Waals surface area contributed by atoms with E-state index >= 15 is 0 Å². The zero-order valence-corrected chi connectivity index (χ0v) is 20.8. The van der Waals surface area contributed by atoms with Crippen LogP contribution in [0, 0.1) is 20.8 Å². The highest BCUT2D eigenvalue weighted by atomic mass is 32.2. The Morgan fingerprint density at radius 2 is 1.62 bits per heavy atom. The minimum absolute atomic E-state index is 0.119. The molecule has 0 saturated carbocycles. The minimum atomic E-state index is -3.76. The van der Waals surface area contributed by atoms with Crippen molar-refractivity contribution in [3.8, 4) is 11.5 Å². The van der Waals surface area contributed by atoms with Gasteiger partial charge in [0.2, 0.25) is 0 Å². The highest BCUT2D eigenvalue weighted by Gasteiger charge is 2.17. The first-order valence-electron chi connectivity index (χ1n) is 10.9. The number of sulfonamides is 1. The Labute approximate surface area is 201 Å². The van der Waals surface area contributed by atoms with E-state index in [1.165, 1.54) is 12.1 Å². The molecule has 3 rings (SSSR count). The molecule has 34 heavy (non-hydrogen) atoms. The van der Waals surface area contributed by atoms with Crippen molar-refractivity contribution in [2.24, 2.45) is 0 Å². The van der Waals surface area contributed by atoms with Crippen LogP contribution in [0.15, 0.2) is 65.6 Å². The number of nitrogens with one attached hydrogen (secondary N) is 2.